The molecule has 0 saturated carbocycles. The Morgan fingerprint density at radius 3 is 2.38 bits per heavy atom. The number of carbonyl (C=O) groups excluding carboxylic acids is 2. The van der Waals surface area contributed by atoms with Crippen LogP contribution in [0.2, 0.25) is 0 Å². The van der Waals surface area contributed by atoms with E-state index in [2.05, 4.69) is 24.8 Å². The molecule has 3 aromatic rings. The van der Waals surface area contributed by atoms with Gasteiger partial charge in [-0.25, -0.2) is 0 Å². The van der Waals surface area contributed by atoms with E-state index in [4.69, 9.17) is 9.15 Å². The minimum Gasteiger partial charge on any atom is -0.507 e. The fraction of sp³-hybridized carbons (Fsp3) is 0.333. The predicted molar refractivity (Wildman–Crippen MR) is 142 cm³/mol. The first-order valence-electron chi connectivity index (χ1n) is 12.7. The lowest BCUT2D eigenvalue weighted by molar-refractivity contribution is -0.140. The standard InChI is InChI=1S/C30H34N2O5/c1-5-31(6-2)16-17-32-27(25-15-10-21(4)37-25)26(29(34)30(32)35)28(33)23-11-13-24(14-12-23)36-19-22-9-7-8-20(3)18-22/h7-15,18,27,33H,5-6,16-17,19H2,1-4H3/b28-26+. The number of carbonyl (C=O) groups is 2. The summed E-state index contributed by atoms with van der Waals surface area (Å²) < 4.78 is 11.7. The van der Waals surface area contributed by atoms with E-state index in [0.717, 1.165) is 24.2 Å². The van der Waals surface area contributed by atoms with E-state index in [0.29, 0.717) is 42.5 Å². The van der Waals surface area contributed by atoms with Crippen molar-refractivity contribution < 1.29 is 23.8 Å². The van der Waals surface area contributed by atoms with E-state index in [1.807, 2.05) is 25.1 Å². The number of aliphatic hydroxyl groups excluding tert-OH is 1. The molecule has 0 spiro atoms. The predicted octanol–water partition coefficient (Wildman–Crippen LogP) is 5.24. The Bertz CT molecular complexity index is 1290. The normalized spacial score (nSPS) is 17.1. The fourth-order valence-corrected chi connectivity index (χ4v) is 4.63. The molecule has 4 rings (SSSR count). The molecule has 0 aliphatic carbocycles. The second-order valence-electron chi connectivity index (χ2n) is 9.27. The average molecular weight is 503 g/mol. The van der Waals surface area contributed by atoms with Gasteiger partial charge in [0.1, 0.15) is 35.7 Å². The Morgan fingerprint density at radius 2 is 1.76 bits per heavy atom. The first-order valence-corrected chi connectivity index (χ1v) is 12.7. The van der Waals surface area contributed by atoms with Gasteiger partial charge in [-0.2, -0.15) is 0 Å². The van der Waals surface area contributed by atoms with Crippen LogP contribution in [0.5, 0.6) is 5.75 Å². The third kappa shape index (κ3) is 5.78. The van der Waals surface area contributed by atoms with E-state index in [9.17, 15) is 14.7 Å². The van der Waals surface area contributed by atoms with E-state index < -0.39 is 17.7 Å². The van der Waals surface area contributed by atoms with Crippen LogP contribution in [-0.4, -0.2) is 52.8 Å². The maximum atomic E-state index is 13.2. The summed E-state index contributed by atoms with van der Waals surface area (Å²) in [4.78, 5) is 29.9. The molecule has 1 aromatic heterocycles. The molecule has 0 bridgehead atoms. The van der Waals surface area contributed by atoms with Gasteiger partial charge in [-0.3, -0.25) is 9.59 Å². The van der Waals surface area contributed by atoms with Gasteiger partial charge in [0.2, 0.25) is 0 Å². The molecule has 1 amide bonds. The number of aliphatic hydroxyl groups is 1. The lowest BCUT2D eigenvalue weighted by atomic mass is 9.99. The van der Waals surface area contributed by atoms with Crippen LogP contribution >= 0.6 is 0 Å². The number of likely N-dealkylation sites (N-methyl/N-ethyl adjacent to an activating group) is 1. The van der Waals surface area contributed by atoms with Gasteiger partial charge in [0.25, 0.3) is 11.7 Å². The van der Waals surface area contributed by atoms with Crippen LogP contribution in [0, 0.1) is 13.8 Å². The molecule has 0 radical (unpaired) electrons. The van der Waals surface area contributed by atoms with Gasteiger partial charge in [0, 0.05) is 18.7 Å². The minimum absolute atomic E-state index is 0.0346. The summed E-state index contributed by atoms with van der Waals surface area (Å²) in [7, 11) is 0. The van der Waals surface area contributed by atoms with Crippen LogP contribution in [0.15, 0.2) is 70.7 Å². The van der Waals surface area contributed by atoms with Crippen LogP contribution < -0.4 is 4.74 Å². The zero-order valence-corrected chi connectivity index (χ0v) is 21.9. The van der Waals surface area contributed by atoms with Gasteiger partial charge in [-0.15, -0.1) is 0 Å². The molecular weight excluding hydrogens is 468 g/mol. The molecule has 1 saturated heterocycles. The number of amides is 1. The molecule has 1 N–H and O–H groups in total. The lowest BCUT2D eigenvalue weighted by Crippen LogP contribution is -2.37. The maximum Gasteiger partial charge on any atom is 0.295 e. The summed E-state index contributed by atoms with van der Waals surface area (Å²) in [6.07, 6.45) is 0. The average Bonchev–Trinajstić information content (AvgIpc) is 3.44. The van der Waals surface area contributed by atoms with Gasteiger partial charge in [0.05, 0.1) is 5.57 Å². The molecule has 7 heteroatoms. The summed E-state index contributed by atoms with van der Waals surface area (Å²) in [5.74, 6) is 0.181. The molecule has 7 nitrogen and oxygen atoms in total. The van der Waals surface area contributed by atoms with Crippen molar-refractivity contribution in [2.75, 3.05) is 26.2 Å². The van der Waals surface area contributed by atoms with Crippen molar-refractivity contribution in [2.45, 2.75) is 40.3 Å². The van der Waals surface area contributed by atoms with Crippen molar-refractivity contribution in [2.24, 2.45) is 0 Å². The Labute approximate surface area is 218 Å². The molecular formula is C30H34N2O5. The summed E-state index contributed by atoms with van der Waals surface area (Å²) in [6, 6.07) is 17.7. The SMILES string of the molecule is CCN(CC)CCN1C(=O)C(=O)/C(=C(/O)c2ccc(OCc3cccc(C)c3)cc2)C1c1ccc(C)o1. The summed E-state index contributed by atoms with van der Waals surface area (Å²) in [5, 5.41) is 11.3. The van der Waals surface area contributed by atoms with Crippen molar-refractivity contribution >= 4 is 17.4 Å². The molecule has 1 unspecified atom stereocenters. The first-order chi connectivity index (χ1) is 17.8. The van der Waals surface area contributed by atoms with Crippen LogP contribution in [-0.2, 0) is 16.2 Å². The molecule has 1 aliphatic heterocycles. The Hall–Kier alpha value is -3.84. The number of ketones is 1. The molecule has 2 heterocycles. The number of Topliss-reactive ketones (excluding diaryl/α,β-unsaturated/α-hetero) is 1. The zero-order valence-electron chi connectivity index (χ0n) is 21.9. The van der Waals surface area contributed by atoms with Gasteiger partial charge in [-0.05, 0) is 68.9 Å². The molecule has 1 aliphatic rings. The topological polar surface area (TPSA) is 83.2 Å². The van der Waals surface area contributed by atoms with E-state index >= 15 is 0 Å². The zero-order chi connectivity index (χ0) is 26.5. The van der Waals surface area contributed by atoms with E-state index in [1.165, 1.54) is 4.90 Å². The van der Waals surface area contributed by atoms with Gasteiger partial charge in [0.15, 0.2) is 0 Å². The number of aryl methyl sites for hydroxylation is 2. The molecule has 194 valence electrons. The van der Waals surface area contributed by atoms with Crippen LogP contribution in [0.4, 0.5) is 0 Å². The first kappa shape index (κ1) is 26.2. The quantitative estimate of drug-likeness (QED) is 0.232. The smallest absolute Gasteiger partial charge is 0.295 e. The number of rotatable bonds is 10. The second kappa shape index (κ2) is 11.5. The summed E-state index contributed by atoms with van der Waals surface area (Å²) in [6.45, 7) is 11.0. The molecule has 37 heavy (non-hydrogen) atoms. The summed E-state index contributed by atoms with van der Waals surface area (Å²) in [5.41, 5.74) is 2.69. The number of hydrogen-bond acceptors (Lipinski definition) is 6. The lowest BCUT2D eigenvalue weighted by Gasteiger charge is -2.26. The highest BCUT2D eigenvalue weighted by atomic mass is 16.5. The van der Waals surface area contributed by atoms with Crippen LogP contribution in [0.3, 0.4) is 0 Å². The molecule has 1 atom stereocenters. The van der Waals surface area contributed by atoms with Crippen molar-refractivity contribution in [1.29, 1.82) is 0 Å². The maximum absolute atomic E-state index is 13.2. The summed E-state index contributed by atoms with van der Waals surface area (Å²) >= 11 is 0. The monoisotopic (exact) mass is 502 g/mol. The van der Waals surface area contributed by atoms with Gasteiger partial charge < -0.3 is 24.1 Å². The van der Waals surface area contributed by atoms with Crippen molar-refractivity contribution in [3.63, 3.8) is 0 Å². The minimum atomic E-state index is -0.790. The van der Waals surface area contributed by atoms with Crippen molar-refractivity contribution in [3.05, 3.63) is 94.4 Å². The Balaban J connectivity index is 1.61. The fourth-order valence-electron chi connectivity index (χ4n) is 4.63. The number of furan rings is 1. The third-order valence-electron chi connectivity index (χ3n) is 6.74. The van der Waals surface area contributed by atoms with E-state index in [1.54, 1.807) is 43.3 Å². The van der Waals surface area contributed by atoms with Crippen LogP contribution in [0.25, 0.3) is 5.76 Å². The number of nitrogens with zero attached hydrogens (tertiary/aromatic N) is 2. The highest BCUT2D eigenvalue weighted by Crippen LogP contribution is 2.40. The van der Waals surface area contributed by atoms with Gasteiger partial charge >= 0.3 is 0 Å². The number of benzene rings is 2. The third-order valence-corrected chi connectivity index (χ3v) is 6.74. The Kier molecular flexibility index (Phi) is 8.14. The van der Waals surface area contributed by atoms with E-state index in [-0.39, 0.29) is 11.3 Å². The van der Waals surface area contributed by atoms with Crippen molar-refractivity contribution in [1.82, 2.24) is 9.80 Å². The van der Waals surface area contributed by atoms with Crippen molar-refractivity contribution in [3.8, 4) is 5.75 Å². The largest absolute Gasteiger partial charge is 0.507 e. The second-order valence-corrected chi connectivity index (χ2v) is 9.27. The highest BCUT2D eigenvalue weighted by molar-refractivity contribution is 6.46. The number of hydrogen-bond donors (Lipinski definition) is 1. The highest BCUT2D eigenvalue weighted by Gasteiger charge is 2.47. The molecule has 2 aromatic carbocycles. The number of ether oxygens (including phenoxy) is 1. The molecule has 1 fully saturated rings. The Morgan fingerprint density at radius 1 is 1.03 bits per heavy atom. The van der Waals surface area contributed by atoms with Gasteiger partial charge in [-0.1, -0.05) is 43.7 Å². The van der Waals surface area contributed by atoms with Crippen LogP contribution in [0.1, 0.15) is 48.1 Å². The number of likely N-dealkylation sites (tertiary alicyclic amines) is 1.